The lowest BCUT2D eigenvalue weighted by Gasteiger charge is -2.34. The number of para-hydroxylation sites is 1. The highest BCUT2D eigenvalue weighted by Crippen LogP contribution is 2.55. The second kappa shape index (κ2) is 12.6. The topological polar surface area (TPSA) is 29.3 Å². The van der Waals surface area contributed by atoms with Crippen LogP contribution in [-0.2, 0) is 5.41 Å². The van der Waals surface area contributed by atoms with Crippen molar-refractivity contribution in [3.05, 3.63) is 108 Å². The number of fused-ring (bicyclic) bond motifs is 3. The van der Waals surface area contributed by atoms with Crippen LogP contribution < -0.4 is 10.6 Å². The van der Waals surface area contributed by atoms with Gasteiger partial charge in [0.05, 0.1) is 0 Å². The molecule has 0 bridgehead atoms. The second-order valence-electron chi connectivity index (χ2n) is 11.2. The Morgan fingerprint density at radius 3 is 1.77 bits per heavy atom. The lowest BCUT2D eigenvalue weighted by molar-refractivity contribution is 0.401. The van der Waals surface area contributed by atoms with Crippen molar-refractivity contribution in [1.29, 1.82) is 0 Å². The normalized spacial score (nSPS) is 13.2. The zero-order chi connectivity index (χ0) is 27.1. The predicted molar refractivity (Wildman–Crippen MR) is 169 cm³/mol. The molecule has 2 nitrogen and oxygen atoms in total. The van der Waals surface area contributed by atoms with Crippen molar-refractivity contribution < 1.29 is 0 Å². The van der Waals surface area contributed by atoms with E-state index in [-0.39, 0.29) is 5.41 Å². The molecular formula is C37H44N2. The zero-order valence-electron chi connectivity index (χ0n) is 23.8. The van der Waals surface area contributed by atoms with E-state index in [4.69, 9.17) is 5.73 Å². The Bertz CT molecular complexity index is 1330. The maximum atomic E-state index is 6.08. The fraction of sp³-hybridized carbons (Fsp3) is 0.351. The first-order valence-corrected chi connectivity index (χ1v) is 15.1. The minimum Gasteiger partial charge on any atom is -0.399 e. The van der Waals surface area contributed by atoms with Crippen LogP contribution in [-0.4, -0.2) is 0 Å². The smallest absolute Gasteiger partial charge is 0.0465 e. The SMILES string of the molecule is CCCCCCC1(CCCCCC)c2ccccc2-c2ccc(N(c3ccccc3)c3ccc(N)cc3)cc21. The van der Waals surface area contributed by atoms with E-state index in [1.165, 1.54) is 86.6 Å². The van der Waals surface area contributed by atoms with Gasteiger partial charge in [-0.2, -0.15) is 0 Å². The van der Waals surface area contributed by atoms with Gasteiger partial charge < -0.3 is 10.6 Å². The van der Waals surface area contributed by atoms with Gasteiger partial charge in [0.2, 0.25) is 0 Å². The molecule has 0 atom stereocenters. The van der Waals surface area contributed by atoms with Crippen LogP contribution in [0.5, 0.6) is 0 Å². The molecule has 5 rings (SSSR count). The summed E-state index contributed by atoms with van der Waals surface area (Å²) in [6, 6.07) is 35.4. The van der Waals surface area contributed by atoms with Gasteiger partial charge in [-0.3, -0.25) is 0 Å². The molecule has 4 aromatic carbocycles. The fourth-order valence-corrected chi connectivity index (χ4v) is 6.60. The minimum absolute atomic E-state index is 0.0763. The summed E-state index contributed by atoms with van der Waals surface area (Å²) in [7, 11) is 0. The number of anilines is 4. The molecule has 4 aromatic rings. The molecule has 0 radical (unpaired) electrons. The van der Waals surface area contributed by atoms with Gasteiger partial charge in [-0.05, 0) is 83.6 Å². The lowest BCUT2D eigenvalue weighted by atomic mass is 9.70. The van der Waals surface area contributed by atoms with Gasteiger partial charge in [-0.1, -0.05) is 114 Å². The summed E-state index contributed by atoms with van der Waals surface area (Å²) in [4.78, 5) is 2.38. The van der Waals surface area contributed by atoms with Crippen LogP contribution in [0.4, 0.5) is 22.7 Å². The fourth-order valence-electron chi connectivity index (χ4n) is 6.60. The van der Waals surface area contributed by atoms with Gasteiger partial charge in [0.15, 0.2) is 0 Å². The van der Waals surface area contributed by atoms with E-state index in [0.717, 1.165) is 17.1 Å². The van der Waals surface area contributed by atoms with Crippen LogP contribution in [0.1, 0.15) is 89.2 Å². The molecule has 2 N–H and O–H groups in total. The molecule has 1 aliphatic carbocycles. The van der Waals surface area contributed by atoms with Gasteiger partial charge in [0.1, 0.15) is 0 Å². The van der Waals surface area contributed by atoms with E-state index in [0.29, 0.717) is 0 Å². The van der Waals surface area contributed by atoms with Crippen LogP contribution in [0.2, 0.25) is 0 Å². The third kappa shape index (κ3) is 5.62. The highest BCUT2D eigenvalue weighted by Gasteiger charge is 2.42. The summed E-state index contributed by atoms with van der Waals surface area (Å²) in [6.45, 7) is 4.62. The highest BCUT2D eigenvalue weighted by molar-refractivity contribution is 5.86. The number of hydrogen-bond donors (Lipinski definition) is 1. The molecule has 202 valence electrons. The molecule has 0 saturated carbocycles. The van der Waals surface area contributed by atoms with Crippen LogP contribution in [0.15, 0.2) is 97.1 Å². The number of nitrogen functional groups attached to an aromatic ring is 1. The monoisotopic (exact) mass is 516 g/mol. The van der Waals surface area contributed by atoms with Gasteiger partial charge in [-0.15, -0.1) is 0 Å². The number of nitrogens with two attached hydrogens (primary N) is 1. The number of nitrogens with zero attached hydrogens (tertiary/aromatic N) is 1. The van der Waals surface area contributed by atoms with Crippen LogP contribution in [0.25, 0.3) is 11.1 Å². The molecule has 0 aliphatic heterocycles. The summed E-state index contributed by atoms with van der Waals surface area (Å²) < 4.78 is 0. The Morgan fingerprint density at radius 1 is 0.538 bits per heavy atom. The van der Waals surface area contributed by atoms with Crippen molar-refractivity contribution in [2.75, 3.05) is 10.6 Å². The number of unbranched alkanes of at least 4 members (excludes halogenated alkanes) is 6. The number of benzene rings is 4. The summed E-state index contributed by atoms with van der Waals surface area (Å²) in [5.41, 5.74) is 16.4. The minimum atomic E-state index is 0.0763. The molecule has 1 aliphatic rings. The van der Waals surface area contributed by atoms with E-state index in [2.05, 4.69) is 104 Å². The molecule has 0 saturated heterocycles. The molecule has 0 spiro atoms. The largest absolute Gasteiger partial charge is 0.399 e. The second-order valence-corrected chi connectivity index (χ2v) is 11.2. The van der Waals surface area contributed by atoms with Crippen LogP contribution in [0.3, 0.4) is 0 Å². The van der Waals surface area contributed by atoms with Gasteiger partial charge in [0.25, 0.3) is 0 Å². The van der Waals surface area contributed by atoms with Gasteiger partial charge in [0, 0.05) is 28.2 Å². The van der Waals surface area contributed by atoms with Crippen LogP contribution in [0, 0.1) is 0 Å². The van der Waals surface area contributed by atoms with E-state index < -0.39 is 0 Å². The molecule has 0 aromatic heterocycles. The summed E-state index contributed by atoms with van der Waals surface area (Å²) in [6.07, 6.45) is 12.8. The molecule has 0 heterocycles. The van der Waals surface area contributed by atoms with Crippen molar-refractivity contribution in [2.24, 2.45) is 0 Å². The Labute approximate surface area is 235 Å². The summed E-state index contributed by atoms with van der Waals surface area (Å²) in [5, 5.41) is 0. The van der Waals surface area contributed by atoms with Crippen molar-refractivity contribution in [1.82, 2.24) is 0 Å². The average molecular weight is 517 g/mol. The predicted octanol–water partition coefficient (Wildman–Crippen LogP) is 10.9. The van der Waals surface area contributed by atoms with Crippen molar-refractivity contribution in [3.8, 4) is 11.1 Å². The van der Waals surface area contributed by atoms with Crippen molar-refractivity contribution >= 4 is 22.7 Å². The lowest BCUT2D eigenvalue weighted by Crippen LogP contribution is -2.26. The van der Waals surface area contributed by atoms with E-state index in [1.807, 2.05) is 12.1 Å². The van der Waals surface area contributed by atoms with Gasteiger partial charge in [-0.25, -0.2) is 0 Å². The van der Waals surface area contributed by atoms with E-state index in [9.17, 15) is 0 Å². The first kappa shape index (κ1) is 27.1. The Morgan fingerprint density at radius 2 is 1.10 bits per heavy atom. The van der Waals surface area contributed by atoms with E-state index in [1.54, 1.807) is 5.56 Å². The van der Waals surface area contributed by atoms with Gasteiger partial charge >= 0.3 is 0 Å². The van der Waals surface area contributed by atoms with Crippen molar-refractivity contribution in [2.45, 2.75) is 83.5 Å². The molecule has 2 heteroatoms. The molecular weight excluding hydrogens is 472 g/mol. The third-order valence-electron chi connectivity index (χ3n) is 8.59. The number of rotatable bonds is 13. The maximum Gasteiger partial charge on any atom is 0.0465 e. The standard InChI is InChI=1S/C37H44N2/c1-3-5-7-14-26-37(27-15-8-6-4-2)35-19-13-12-18-33(35)34-25-24-32(28-36(34)37)39(30-16-10-9-11-17-30)31-22-20-29(38)21-23-31/h9-13,16-25,28H,3-8,14-15,26-27,38H2,1-2H3. The first-order valence-electron chi connectivity index (χ1n) is 15.1. The number of hydrogen-bond acceptors (Lipinski definition) is 2. The quantitative estimate of drug-likeness (QED) is 0.141. The highest BCUT2D eigenvalue weighted by atomic mass is 15.1. The third-order valence-corrected chi connectivity index (χ3v) is 8.59. The molecule has 0 amide bonds. The van der Waals surface area contributed by atoms with E-state index >= 15 is 0 Å². The summed E-state index contributed by atoms with van der Waals surface area (Å²) in [5.74, 6) is 0. The van der Waals surface area contributed by atoms with Crippen molar-refractivity contribution in [3.63, 3.8) is 0 Å². The average Bonchev–Trinajstić information content (AvgIpc) is 3.24. The molecule has 0 unspecified atom stereocenters. The Kier molecular flexibility index (Phi) is 8.71. The molecule has 0 fully saturated rings. The Balaban J connectivity index is 1.63. The van der Waals surface area contributed by atoms with Crippen LogP contribution >= 0.6 is 0 Å². The first-order chi connectivity index (χ1) is 19.2. The maximum absolute atomic E-state index is 6.08. The zero-order valence-corrected chi connectivity index (χ0v) is 23.8. The summed E-state index contributed by atoms with van der Waals surface area (Å²) >= 11 is 0. The Hall–Kier alpha value is -3.52. The molecule has 39 heavy (non-hydrogen) atoms.